The molecule has 0 aliphatic carbocycles. The van der Waals surface area contributed by atoms with Crippen molar-refractivity contribution < 1.29 is 18.1 Å². The first-order valence-corrected chi connectivity index (χ1v) is 10.1. The molecule has 124 valence electrons. The van der Waals surface area contributed by atoms with E-state index in [1.54, 1.807) is 23.5 Å². The molecule has 2 aromatic rings. The summed E-state index contributed by atoms with van der Waals surface area (Å²) in [5.41, 5.74) is 0.504. The molecule has 1 amide bonds. The summed E-state index contributed by atoms with van der Waals surface area (Å²) in [4.78, 5) is 14.8. The summed E-state index contributed by atoms with van der Waals surface area (Å²) in [6.45, 7) is 4.04. The van der Waals surface area contributed by atoms with Crippen molar-refractivity contribution in [2.75, 3.05) is 24.7 Å². The highest BCUT2D eigenvalue weighted by Crippen LogP contribution is 2.15. The fraction of sp³-hybridized carbons (Fsp3) is 0.312. The molecule has 5 nitrogen and oxygen atoms in total. The Morgan fingerprint density at radius 2 is 2.04 bits per heavy atom. The van der Waals surface area contributed by atoms with Gasteiger partial charge in [0.2, 0.25) is 0 Å². The molecule has 0 fully saturated rings. The Hall–Kier alpha value is -1.70. The number of likely N-dealkylation sites (N-methyl/N-ethyl adjacent to an activating group) is 1. The molecular formula is C16H21N2O3S2+. The number of rotatable bonds is 7. The van der Waals surface area contributed by atoms with Crippen molar-refractivity contribution in [2.45, 2.75) is 18.4 Å². The summed E-state index contributed by atoms with van der Waals surface area (Å²) in [6.07, 6.45) is 1.15. The molecule has 0 saturated heterocycles. The van der Waals surface area contributed by atoms with Crippen molar-refractivity contribution in [3.8, 4) is 0 Å². The van der Waals surface area contributed by atoms with Gasteiger partial charge in [-0.2, -0.15) is 0 Å². The zero-order chi connectivity index (χ0) is 16.9. The van der Waals surface area contributed by atoms with Crippen LogP contribution in [0.5, 0.6) is 0 Å². The minimum Gasteiger partial charge on any atom is -0.323 e. The third kappa shape index (κ3) is 5.46. The van der Waals surface area contributed by atoms with E-state index in [0.29, 0.717) is 12.2 Å². The van der Waals surface area contributed by atoms with E-state index in [4.69, 9.17) is 0 Å². The maximum absolute atomic E-state index is 12.2. The molecule has 0 saturated carbocycles. The SMILES string of the molecule is CC[NH+](CC(=O)Nc1cccc(S(C)(=O)=O)c1)Cc1cccs1. The van der Waals surface area contributed by atoms with Gasteiger partial charge in [-0.3, -0.25) is 4.79 Å². The molecule has 0 radical (unpaired) electrons. The van der Waals surface area contributed by atoms with Gasteiger partial charge in [0.1, 0.15) is 6.54 Å². The second kappa shape index (κ2) is 7.72. The van der Waals surface area contributed by atoms with Crippen LogP contribution in [0.4, 0.5) is 5.69 Å². The minimum atomic E-state index is -3.28. The highest BCUT2D eigenvalue weighted by atomic mass is 32.2. The largest absolute Gasteiger partial charge is 0.323 e. The van der Waals surface area contributed by atoms with Crippen molar-refractivity contribution in [3.63, 3.8) is 0 Å². The highest BCUT2D eigenvalue weighted by molar-refractivity contribution is 7.90. The lowest BCUT2D eigenvalue weighted by Gasteiger charge is -2.16. The lowest BCUT2D eigenvalue weighted by molar-refractivity contribution is -0.903. The standard InChI is InChI=1S/C16H20N2O3S2/c1-3-18(11-14-7-5-9-22-14)12-16(19)17-13-6-4-8-15(10-13)23(2,20)21/h4-10H,3,11-12H2,1-2H3,(H,17,19)/p+1. The van der Waals surface area contributed by atoms with Crippen LogP contribution in [0.15, 0.2) is 46.7 Å². The first kappa shape index (κ1) is 17.7. The Balaban J connectivity index is 1.98. The van der Waals surface area contributed by atoms with Crippen molar-refractivity contribution >= 4 is 32.8 Å². The van der Waals surface area contributed by atoms with Gasteiger partial charge < -0.3 is 10.2 Å². The number of hydrogen-bond donors (Lipinski definition) is 2. The number of anilines is 1. The van der Waals surface area contributed by atoms with Crippen LogP contribution in [0.2, 0.25) is 0 Å². The van der Waals surface area contributed by atoms with Crippen molar-refractivity contribution in [1.82, 2.24) is 0 Å². The van der Waals surface area contributed by atoms with Crippen LogP contribution >= 0.6 is 11.3 Å². The number of sulfone groups is 1. The highest BCUT2D eigenvalue weighted by Gasteiger charge is 2.15. The fourth-order valence-corrected chi connectivity index (χ4v) is 3.65. The van der Waals surface area contributed by atoms with E-state index in [9.17, 15) is 13.2 Å². The van der Waals surface area contributed by atoms with Gasteiger partial charge in [-0.25, -0.2) is 8.42 Å². The van der Waals surface area contributed by atoms with Crippen LogP contribution in [0.3, 0.4) is 0 Å². The first-order valence-electron chi connectivity index (χ1n) is 7.34. The number of hydrogen-bond acceptors (Lipinski definition) is 4. The molecule has 1 heterocycles. The lowest BCUT2D eigenvalue weighted by Crippen LogP contribution is -3.11. The summed E-state index contributed by atoms with van der Waals surface area (Å²) < 4.78 is 23.1. The molecule has 1 atom stereocenters. The van der Waals surface area contributed by atoms with E-state index in [-0.39, 0.29) is 10.8 Å². The van der Waals surface area contributed by atoms with Crippen LogP contribution in [0, 0.1) is 0 Å². The number of quaternary nitrogens is 1. The second-order valence-electron chi connectivity index (χ2n) is 5.38. The van der Waals surface area contributed by atoms with E-state index in [1.807, 2.05) is 18.4 Å². The van der Waals surface area contributed by atoms with Crippen LogP contribution in [-0.4, -0.2) is 33.7 Å². The van der Waals surface area contributed by atoms with Crippen molar-refractivity contribution in [2.24, 2.45) is 0 Å². The number of benzene rings is 1. The van der Waals surface area contributed by atoms with E-state index in [0.717, 1.165) is 24.2 Å². The average Bonchev–Trinajstić information content (AvgIpc) is 2.99. The molecule has 1 aromatic heterocycles. The quantitative estimate of drug-likeness (QED) is 0.786. The molecule has 23 heavy (non-hydrogen) atoms. The zero-order valence-corrected chi connectivity index (χ0v) is 14.8. The predicted octanol–water partition coefficient (Wildman–Crippen LogP) is 1.20. The molecule has 1 unspecified atom stereocenters. The normalized spacial score (nSPS) is 12.8. The van der Waals surface area contributed by atoms with Crippen LogP contribution in [0.25, 0.3) is 0 Å². The summed E-state index contributed by atoms with van der Waals surface area (Å²) in [6, 6.07) is 10.4. The van der Waals surface area contributed by atoms with Gasteiger partial charge in [-0.05, 0) is 36.6 Å². The Bertz CT molecular complexity index is 755. The van der Waals surface area contributed by atoms with Gasteiger partial charge in [0, 0.05) is 11.9 Å². The lowest BCUT2D eigenvalue weighted by atomic mass is 10.3. The monoisotopic (exact) mass is 353 g/mol. The molecule has 2 rings (SSSR count). The van der Waals surface area contributed by atoms with Gasteiger partial charge in [0.05, 0.1) is 16.3 Å². The molecule has 0 bridgehead atoms. The van der Waals surface area contributed by atoms with Crippen LogP contribution < -0.4 is 10.2 Å². The van der Waals surface area contributed by atoms with Gasteiger partial charge >= 0.3 is 0 Å². The number of carbonyl (C=O) groups excluding carboxylic acids is 1. The summed E-state index contributed by atoms with van der Waals surface area (Å²) >= 11 is 1.68. The maximum atomic E-state index is 12.2. The van der Waals surface area contributed by atoms with E-state index >= 15 is 0 Å². The van der Waals surface area contributed by atoms with Crippen molar-refractivity contribution in [3.05, 3.63) is 46.7 Å². The first-order chi connectivity index (χ1) is 10.9. The smallest absolute Gasteiger partial charge is 0.279 e. The Morgan fingerprint density at radius 3 is 2.65 bits per heavy atom. The van der Waals surface area contributed by atoms with Gasteiger partial charge in [-0.15, -0.1) is 11.3 Å². The molecule has 7 heteroatoms. The average molecular weight is 353 g/mol. The third-order valence-electron chi connectivity index (χ3n) is 3.46. The van der Waals surface area contributed by atoms with E-state index in [1.165, 1.54) is 17.0 Å². The molecule has 0 spiro atoms. The van der Waals surface area contributed by atoms with Crippen LogP contribution in [0.1, 0.15) is 11.8 Å². The number of nitrogens with one attached hydrogen (secondary N) is 2. The number of carbonyl (C=O) groups is 1. The summed E-state index contributed by atoms with van der Waals surface area (Å²) in [5.74, 6) is -0.121. The molecule has 0 aliphatic rings. The van der Waals surface area contributed by atoms with Crippen LogP contribution in [-0.2, 0) is 21.2 Å². The molecular weight excluding hydrogens is 332 g/mol. The molecule has 0 aliphatic heterocycles. The Kier molecular flexibility index (Phi) is 5.92. The Labute approximate surface area is 140 Å². The fourth-order valence-electron chi connectivity index (χ4n) is 2.21. The minimum absolute atomic E-state index is 0.121. The number of thiophene rings is 1. The van der Waals surface area contributed by atoms with Crippen molar-refractivity contribution in [1.29, 1.82) is 0 Å². The maximum Gasteiger partial charge on any atom is 0.279 e. The molecule has 2 N–H and O–H groups in total. The second-order valence-corrected chi connectivity index (χ2v) is 8.43. The summed E-state index contributed by atoms with van der Waals surface area (Å²) in [5, 5.41) is 4.81. The summed E-state index contributed by atoms with van der Waals surface area (Å²) in [7, 11) is -3.28. The molecule has 1 aromatic carbocycles. The van der Waals surface area contributed by atoms with E-state index < -0.39 is 9.84 Å². The predicted molar refractivity (Wildman–Crippen MR) is 92.6 cm³/mol. The van der Waals surface area contributed by atoms with Gasteiger partial charge in [-0.1, -0.05) is 12.1 Å². The third-order valence-corrected chi connectivity index (χ3v) is 5.45. The van der Waals surface area contributed by atoms with E-state index in [2.05, 4.69) is 11.4 Å². The zero-order valence-electron chi connectivity index (χ0n) is 13.2. The van der Waals surface area contributed by atoms with Gasteiger partial charge in [0.25, 0.3) is 5.91 Å². The topological polar surface area (TPSA) is 67.7 Å². The number of amides is 1. The Morgan fingerprint density at radius 1 is 1.26 bits per heavy atom. The van der Waals surface area contributed by atoms with Gasteiger partial charge in [0.15, 0.2) is 16.4 Å².